The zero-order valence-electron chi connectivity index (χ0n) is 14.7. The Morgan fingerprint density at radius 1 is 1.27 bits per heavy atom. The van der Waals surface area contributed by atoms with Crippen LogP contribution in [0.25, 0.3) is 11.7 Å². The highest BCUT2D eigenvalue weighted by molar-refractivity contribution is 5.99. The van der Waals surface area contributed by atoms with Crippen LogP contribution in [0.4, 0.5) is 0 Å². The Morgan fingerprint density at radius 3 is 2.81 bits per heavy atom. The lowest BCUT2D eigenvalue weighted by Crippen LogP contribution is -2.31. The highest BCUT2D eigenvalue weighted by Gasteiger charge is 2.19. The zero-order chi connectivity index (χ0) is 18.4. The van der Waals surface area contributed by atoms with E-state index in [1.54, 1.807) is 28.0 Å². The van der Waals surface area contributed by atoms with Gasteiger partial charge >= 0.3 is 0 Å². The van der Waals surface area contributed by atoms with Crippen molar-refractivity contribution in [1.29, 1.82) is 0 Å². The van der Waals surface area contributed by atoms with Gasteiger partial charge in [-0.25, -0.2) is 9.50 Å². The third-order valence-electron chi connectivity index (χ3n) is 4.15. The van der Waals surface area contributed by atoms with Gasteiger partial charge in [0.15, 0.2) is 5.65 Å². The molecule has 26 heavy (non-hydrogen) atoms. The van der Waals surface area contributed by atoms with Crippen LogP contribution in [-0.2, 0) is 6.42 Å². The summed E-state index contributed by atoms with van der Waals surface area (Å²) >= 11 is 0. The molecule has 0 saturated heterocycles. The number of carbonyl (C=O) groups is 1. The fourth-order valence-corrected chi connectivity index (χ4v) is 2.73. The van der Waals surface area contributed by atoms with Crippen molar-refractivity contribution < 1.29 is 9.90 Å². The molecule has 6 nitrogen and oxygen atoms in total. The summed E-state index contributed by atoms with van der Waals surface area (Å²) in [6.45, 7) is 3.12. The predicted octanol–water partition coefficient (Wildman–Crippen LogP) is 2.44. The zero-order valence-corrected chi connectivity index (χ0v) is 14.7. The number of aliphatic hydroxyl groups is 1. The predicted molar refractivity (Wildman–Crippen MR) is 101 cm³/mol. The molecule has 3 rings (SSSR count). The second-order valence-corrected chi connectivity index (χ2v) is 5.92. The third-order valence-corrected chi connectivity index (χ3v) is 4.15. The standard InChI is InChI=1S/C20H22N4O2/c1-2-23(11-6-9-16-7-4-3-5-8-16)20(26)18-14-22-24-15-17(10-12-25)13-21-19(18)24/h3-9,13-15,25H,2,10-12H2,1H3. The molecule has 1 N–H and O–H groups in total. The van der Waals surface area contributed by atoms with Gasteiger partial charge in [-0.15, -0.1) is 0 Å². The second-order valence-electron chi connectivity index (χ2n) is 5.92. The van der Waals surface area contributed by atoms with Gasteiger partial charge in [-0.3, -0.25) is 4.79 Å². The van der Waals surface area contributed by atoms with Crippen LogP contribution in [0.5, 0.6) is 0 Å². The molecule has 0 atom stereocenters. The van der Waals surface area contributed by atoms with Crippen molar-refractivity contribution in [2.45, 2.75) is 13.3 Å². The van der Waals surface area contributed by atoms with E-state index in [0.29, 0.717) is 30.7 Å². The molecule has 2 aromatic heterocycles. The number of rotatable bonds is 7. The number of aromatic nitrogens is 3. The van der Waals surface area contributed by atoms with Crippen LogP contribution < -0.4 is 0 Å². The van der Waals surface area contributed by atoms with Crippen molar-refractivity contribution in [3.63, 3.8) is 0 Å². The minimum atomic E-state index is -0.0948. The molecule has 1 amide bonds. The van der Waals surface area contributed by atoms with Crippen LogP contribution in [0.15, 0.2) is 55.0 Å². The van der Waals surface area contributed by atoms with Crippen LogP contribution in [0, 0.1) is 0 Å². The Labute approximate surface area is 152 Å². The van der Waals surface area contributed by atoms with Crippen LogP contribution in [0.2, 0.25) is 0 Å². The highest BCUT2D eigenvalue weighted by atomic mass is 16.3. The van der Waals surface area contributed by atoms with Gasteiger partial charge in [0.1, 0.15) is 5.56 Å². The first-order valence-corrected chi connectivity index (χ1v) is 8.67. The number of fused-ring (bicyclic) bond motifs is 1. The maximum Gasteiger partial charge on any atom is 0.259 e. The Kier molecular flexibility index (Phi) is 5.76. The van der Waals surface area contributed by atoms with Crippen LogP contribution in [0.1, 0.15) is 28.4 Å². The first kappa shape index (κ1) is 17.8. The minimum Gasteiger partial charge on any atom is -0.396 e. The molecule has 3 aromatic rings. The molecule has 6 heteroatoms. The maximum absolute atomic E-state index is 12.9. The van der Waals surface area contributed by atoms with Crippen molar-refractivity contribution in [1.82, 2.24) is 19.5 Å². The molecule has 0 radical (unpaired) electrons. The Balaban J connectivity index is 1.76. The van der Waals surface area contributed by atoms with Gasteiger partial charge in [0.2, 0.25) is 0 Å². The van der Waals surface area contributed by atoms with Crippen LogP contribution >= 0.6 is 0 Å². The largest absolute Gasteiger partial charge is 0.396 e. The quantitative estimate of drug-likeness (QED) is 0.710. The van der Waals surface area contributed by atoms with E-state index < -0.39 is 0 Å². The van der Waals surface area contributed by atoms with Gasteiger partial charge in [-0.05, 0) is 24.5 Å². The first-order valence-electron chi connectivity index (χ1n) is 8.67. The summed E-state index contributed by atoms with van der Waals surface area (Å²) in [7, 11) is 0. The fraction of sp³-hybridized carbons (Fsp3) is 0.250. The number of hydrogen-bond acceptors (Lipinski definition) is 4. The number of amides is 1. The molecule has 0 aliphatic heterocycles. The van der Waals surface area contributed by atoms with Crippen molar-refractivity contribution in [2.75, 3.05) is 19.7 Å². The number of carbonyl (C=O) groups excluding carboxylic acids is 1. The van der Waals surface area contributed by atoms with Gasteiger partial charge in [0, 0.05) is 32.1 Å². The van der Waals surface area contributed by atoms with E-state index in [-0.39, 0.29) is 12.5 Å². The first-order chi connectivity index (χ1) is 12.7. The van der Waals surface area contributed by atoms with E-state index >= 15 is 0 Å². The van der Waals surface area contributed by atoms with E-state index in [2.05, 4.69) is 10.1 Å². The average molecular weight is 350 g/mol. The van der Waals surface area contributed by atoms with E-state index in [1.807, 2.05) is 49.4 Å². The number of nitrogens with zero attached hydrogens (tertiary/aromatic N) is 4. The lowest BCUT2D eigenvalue weighted by atomic mass is 10.2. The van der Waals surface area contributed by atoms with Gasteiger partial charge in [-0.2, -0.15) is 5.10 Å². The molecular formula is C20H22N4O2. The van der Waals surface area contributed by atoms with Gasteiger partial charge in [0.05, 0.1) is 6.20 Å². The van der Waals surface area contributed by atoms with Crippen molar-refractivity contribution in [3.8, 4) is 0 Å². The summed E-state index contributed by atoms with van der Waals surface area (Å²) in [5.74, 6) is -0.0948. The lowest BCUT2D eigenvalue weighted by Gasteiger charge is -2.18. The summed E-state index contributed by atoms with van der Waals surface area (Å²) in [5, 5.41) is 13.3. The molecule has 2 heterocycles. The molecule has 0 fully saturated rings. The van der Waals surface area contributed by atoms with Crippen molar-refractivity contribution in [2.24, 2.45) is 0 Å². The highest BCUT2D eigenvalue weighted by Crippen LogP contribution is 2.13. The molecule has 0 aliphatic rings. The second kappa shape index (κ2) is 8.40. The van der Waals surface area contributed by atoms with E-state index in [1.165, 1.54) is 0 Å². The maximum atomic E-state index is 12.9. The summed E-state index contributed by atoms with van der Waals surface area (Å²) < 4.78 is 1.59. The normalized spacial score (nSPS) is 11.3. The lowest BCUT2D eigenvalue weighted by molar-refractivity contribution is 0.0784. The van der Waals surface area contributed by atoms with Crippen LogP contribution in [-0.4, -0.2) is 50.2 Å². The van der Waals surface area contributed by atoms with Gasteiger partial charge in [0.25, 0.3) is 5.91 Å². The molecule has 0 unspecified atom stereocenters. The van der Waals surface area contributed by atoms with Crippen molar-refractivity contribution >= 4 is 17.6 Å². The summed E-state index contributed by atoms with van der Waals surface area (Å²) in [6, 6.07) is 9.99. The molecule has 0 aliphatic carbocycles. The summed E-state index contributed by atoms with van der Waals surface area (Å²) in [6.07, 6.45) is 9.52. The molecule has 0 bridgehead atoms. The number of likely N-dealkylation sites (N-methyl/N-ethyl adjacent to an activating group) is 1. The molecule has 1 aromatic carbocycles. The topological polar surface area (TPSA) is 70.7 Å². The number of aliphatic hydroxyl groups excluding tert-OH is 1. The van der Waals surface area contributed by atoms with E-state index in [4.69, 9.17) is 5.11 Å². The fourth-order valence-electron chi connectivity index (χ4n) is 2.73. The van der Waals surface area contributed by atoms with Gasteiger partial charge < -0.3 is 10.0 Å². The number of hydrogen-bond donors (Lipinski definition) is 1. The monoisotopic (exact) mass is 350 g/mol. The van der Waals surface area contributed by atoms with Crippen LogP contribution in [0.3, 0.4) is 0 Å². The molecule has 0 spiro atoms. The Morgan fingerprint density at radius 2 is 2.08 bits per heavy atom. The Bertz CT molecular complexity index is 903. The van der Waals surface area contributed by atoms with E-state index in [9.17, 15) is 4.79 Å². The van der Waals surface area contributed by atoms with Gasteiger partial charge in [-0.1, -0.05) is 42.5 Å². The van der Waals surface area contributed by atoms with E-state index in [0.717, 1.165) is 11.1 Å². The minimum absolute atomic E-state index is 0.0532. The average Bonchev–Trinajstić information content (AvgIpc) is 3.09. The van der Waals surface area contributed by atoms with Crippen molar-refractivity contribution in [3.05, 3.63) is 71.7 Å². The molecule has 134 valence electrons. The summed E-state index contributed by atoms with van der Waals surface area (Å²) in [5.41, 5.74) is 2.99. The number of benzene rings is 1. The molecular weight excluding hydrogens is 328 g/mol. The summed E-state index contributed by atoms with van der Waals surface area (Å²) in [4.78, 5) is 19.0. The molecule has 0 saturated carbocycles. The third kappa shape index (κ3) is 3.97. The smallest absolute Gasteiger partial charge is 0.259 e. The SMILES string of the molecule is CCN(CC=Cc1ccccc1)C(=O)c1cnn2cc(CCO)cnc12. The Hall–Kier alpha value is -2.99.